The average molecular weight is 282 g/mol. The number of carbonyl (C=O) groups excluding carboxylic acids is 2. The molecule has 1 aliphatic heterocycles. The van der Waals surface area contributed by atoms with Crippen molar-refractivity contribution in [2.45, 2.75) is 12.8 Å². The second kappa shape index (κ2) is 4.78. The van der Waals surface area contributed by atoms with Crippen molar-refractivity contribution in [3.05, 3.63) is 34.3 Å². The normalized spacial score (nSPS) is 16.3. The lowest BCUT2D eigenvalue weighted by atomic mass is 10.1. The molecule has 84 valence electrons. The van der Waals surface area contributed by atoms with Gasteiger partial charge in [0.2, 0.25) is 0 Å². The fourth-order valence-electron chi connectivity index (χ4n) is 1.79. The van der Waals surface area contributed by atoms with Crippen molar-refractivity contribution >= 4 is 27.6 Å². The molecule has 0 bridgehead atoms. The summed E-state index contributed by atoms with van der Waals surface area (Å²) in [5.41, 5.74) is 0.637. The zero-order valence-electron chi connectivity index (χ0n) is 8.78. The van der Waals surface area contributed by atoms with E-state index < -0.39 is 0 Å². The zero-order chi connectivity index (χ0) is 11.5. The Morgan fingerprint density at radius 1 is 1.25 bits per heavy atom. The van der Waals surface area contributed by atoms with E-state index in [1.165, 1.54) is 0 Å². The number of piperidine rings is 1. The highest BCUT2D eigenvalue weighted by atomic mass is 79.9. The summed E-state index contributed by atoms with van der Waals surface area (Å²) in [6.07, 6.45) is 1.38. The van der Waals surface area contributed by atoms with Crippen LogP contribution in [0, 0.1) is 0 Å². The number of likely N-dealkylation sites (tertiary alicyclic amines) is 1. The molecule has 0 spiro atoms. The quantitative estimate of drug-likeness (QED) is 0.792. The van der Waals surface area contributed by atoms with Gasteiger partial charge in [-0.1, -0.05) is 15.9 Å². The van der Waals surface area contributed by atoms with Gasteiger partial charge < -0.3 is 4.90 Å². The van der Waals surface area contributed by atoms with E-state index in [2.05, 4.69) is 15.9 Å². The fourth-order valence-corrected chi connectivity index (χ4v) is 2.05. The van der Waals surface area contributed by atoms with Gasteiger partial charge in [0, 0.05) is 23.0 Å². The van der Waals surface area contributed by atoms with Crippen LogP contribution in [0.3, 0.4) is 0 Å². The van der Waals surface area contributed by atoms with Crippen LogP contribution < -0.4 is 0 Å². The predicted octanol–water partition coefficient (Wildman–Crippen LogP) is 2.25. The lowest BCUT2D eigenvalue weighted by Crippen LogP contribution is -2.40. The van der Waals surface area contributed by atoms with E-state index in [0.29, 0.717) is 18.5 Å². The summed E-state index contributed by atoms with van der Waals surface area (Å²) >= 11 is 3.32. The third-order valence-corrected chi connectivity index (χ3v) is 3.16. The van der Waals surface area contributed by atoms with Gasteiger partial charge >= 0.3 is 0 Å². The minimum Gasteiger partial charge on any atom is -0.331 e. The number of hydrogen-bond donors (Lipinski definition) is 0. The Balaban J connectivity index is 2.12. The molecule has 0 aliphatic carbocycles. The van der Waals surface area contributed by atoms with Gasteiger partial charge in [-0.15, -0.1) is 0 Å². The van der Waals surface area contributed by atoms with Crippen LogP contribution in [0.15, 0.2) is 28.7 Å². The molecule has 1 saturated heterocycles. The Morgan fingerprint density at radius 2 is 1.94 bits per heavy atom. The maximum absolute atomic E-state index is 12.0. The molecule has 0 aromatic heterocycles. The highest BCUT2D eigenvalue weighted by Crippen LogP contribution is 2.14. The highest BCUT2D eigenvalue weighted by Gasteiger charge is 2.22. The maximum atomic E-state index is 12.0. The van der Waals surface area contributed by atoms with Crippen molar-refractivity contribution in [3.8, 4) is 0 Å². The Labute approximate surface area is 103 Å². The van der Waals surface area contributed by atoms with E-state index in [1.54, 1.807) is 17.0 Å². The van der Waals surface area contributed by atoms with E-state index in [1.807, 2.05) is 12.1 Å². The van der Waals surface area contributed by atoms with E-state index in [0.717, 1.165) is 10.9 Å². The Morgan fingerprint density at radius 3 is 2.56 bits per heavy atom. The third-order valence-electron chi connectivity index (χ3n) is 2.63. The molecule has 0 radical (unpaired) electrons. The molecule has 1 aliphatic rings. The molecular weight excluding hydrogens is 270 g/mol. The van der Waals surface area contributed by atoms with Gasteiger partial charge in [-0.05, 0) is 30.7 Å². The summed E-state index contributed by atoms with van der Waals surface area (Å²) in [4.78, 5) is 24.9. The second-order valence-corrected chi connectivity index (χ2v) is 4.79. The molecule has 1 amide bonds. The van der Waals surface area contributed by atoms with Gasteiger partial charge in [0.1, 0.15) is 0 Å². The van der Waals surface area contributed by atoms with Crippen LogP contribution in [-0.4, -0.2) is 29.7 Å². The fraction of sp³-hybridized carbons (Fsp3) is 0.333. The second-order valence-electron chi connectivity index (χ2n) is 3.88. The molecule has 0 saturated carbocycles. The number of Topliss-reactive ketones (excluding diaryl/α,β-unsaturated/α-hetero) is 1. The molecule has 0 atom stereocenters. The SMILES string of the molecule is O=C1CCCN(C(=O)c2ccc(Br)cc2)C1. The first-order chi connectivity index (χ1) is 7.66. The lowest BCUT2D eigenvalue weighted by molar-refractivity contribution is -0.121. The molecule has 16 heavy (non-hydrogen) atoms. The summed E-state index contributed by atoms with van der Waals surface area (Å²) < 4.78 is 0.943. The van der Waals surface area contributed by atoms with E-state index in [4.69, 9.17) is 0 Å². The minimum atomic E-state index is -0.0550. The number of halogens is 1. The maximum Gasteiger partial charge on any atom is 0.254 e. The number of benzene rings is 1. The van der Waals surface area contributed by atoms with E-state index in [-0.39, 0.29) is 18.2 Å². The topological polar surface area (TPSA) is 37.4 Å². The summed E-state index contributed by atoms with van der Waals surface area (Å²) in [5.74, 6) is 0.0947. The molecule has 0 unspecified atom stereocenters. The first-order valence-corrected chi connectivity index (χ1v) is 6.02. The molecule has 1 aromatic rings. The molecule has 1 heterocycles. The third kappa shape index (κ3) is 2.50. The summed E-state index contributed by atoms with van der Waals surface area (Å²) in [6.45, 7) is 0.940. The van der Waals surface area contributed by atoms with Crippen molar-refractivity contribution in [3.63, 3.8) is 0 Å². The van der Waals surface area contributed by atoms with Crippen LogP contribution in [-0.2, 0) is 4.79 Å². The highest BCUT2D eigenvalue weighted by molar-refractivity contribution is 9.10. The van der Waals surface area contributed by atoms with Crippen LogP contribution in [0.5, 0.6) is 0 Å². The summed E-state index contributed by atoms with van der Waals surface area (Å²) in [7, 11) is 0. The van der Waals surface area contributed by atoms with Gasteiger partial charge in [-0.2, -0.15) is 0 Å². The van der Waals surface area contributed by atoms with E-state index >= 15 is 0 Å². The number of nitrogens with zero attached hydrogens (tertiary/aromatic N) is 1. The van der Waals surface area contributed by atoms with Crippen LogP contribution in [0.25, 0.3) is 0 Å². The Kier molecular flexibility index (Phi) is 3.39. The van der Waals surface area contributed by atoms with Crippen molar-refractivity contribution in [1.82, 2.24) is 4.90 Å². The number of amides is 1. The van der Waals surface area contributed by atoms with Crippen molar-refractivity contribution in [2.24, 2.45) is 0 Å². The molecule has 1 aromatic carbocycles. The van der Waals surface area contributed by atoms with Crippen LogP contribution in [0.2, 0.25) is 0 Å². The van der Waals surface area contributed by atoms with Crippen molar-refractivity contribution in [1.29, 1.82) is 0 Å². The Hall–Kier alpha value is -1.16. The largest absolute Gasteiger partial charge is 0.331 e. The van der Waals surface area contributed by atoms with Gasteiger partial charge in [0.05, 0.1) is 6.54 Å². The number of rotatable bonds is 1. The first kappa shape index (κ1) is 11.3. The zero-order valence-corrected chi connectivity index (χ0v) is 10.4. The number of hydrogen-bond acceptors (Lipinski definition) is 2. The predicted molar refractivity (Wildman–Crippen MR) is 64.3 cm³/mol. The average Bonchev–Trinajstić information content (AvgIpc) is 2.29. The number of ketones is 1. The van der Waals surface area contributed by atoms with Gasteiger partial charge in [-0.3, -0.25) is 9.59 Å². The first-order valence-electron chi connectivity index (χ1n) is 5.23. The molecule has 0 N–H and O–H groups in total. The van der Waals surface area contributed by atoms with Gasteiger partial charge in [-0.25, -0.2) is 0 Å². The van der Waals surface area contributed by atoms with Crippen molar-refractivity contribution < 1.29 is 9.59 Å². The molecule has 3 nitrogen and oxygen atoms in total. The molecule has 2 rings (SSSR count). The number of carbonyl (C=O) groups is 2. The lowest BCUT2D eigenvalue weighted by Gasteiger charge is -2.25. The standard InChI is InChI=1S/C12H12BrNO2/c13-10-5-3-9(4-6-10)12(16)14-7-1-2-11(15)8-14/h3-6H,1-2,7-8H2. The molecule has 1 fully saturated rings. The molecular formula is C12H12BrNO2. The van der Waals surface area contributed by atoms with E-state index in [9.17, 15) is 9.59 Å². The summed E-state index contributed by atoms with van der Waals surface area (Å²) in [5, 5.41) is 0. The minimum absolute atomic E-state index is 0.0550. The van der Waals surface area contributed by atoms with Gasteiger partial charge in [0.15, 0.2) is 5.78 Å². The summed E-state index contributed by atoms with van der Waals surface area (Å²) in [6, 6.07) is 7.20. The van der Waals surface area contributed by atoms with Crippen LogP contribution in [0.1, 0.15) is 23.2 Å². The van der Waals surface area contributed by atoms with Crippen LogP contribution in [0.4, 0.5) is 0 Å². The molecule has 4 heteroatoms. The van der Waals surface area contributed by atoms with Crippen molar-refractivity contribution in [2.75, 3.05) is 13.1 Å². The smallest absolute Gasteiger partial charge is 0.254 e. The van der Waals surface area contributed by atoms with Gasteiger partial charge in [0.25, 0.3) is 5.91 Å². The Bertz CT molecular complexity index is 414. The monoisotopic (exact) mass is 281 g/mol. The van der Waals surface area contributed by atoms with Crippen LogP contribution >= 0.6 is 15.9 Å².